The first-order chi connectivity index (χ1) is 9.68. The van der Waals surface area contributed by atoms with Crippen molar-refractivity contribution in [1.29, 1.82) is 0 Å². The summed E-state index contributed by atoms with van der Waals surface area (Å²) in [6.45, 7) is 4.59. The second kappa shape index (κ2) is 7.62. The molecule has 5 heteroatoms. The van der Waals surface area contributed by atoms with Crippen LogP contribution >= 0.6 is 0 Å². The van der Waals surface area contributed by atoms with Crippen molar-refractivity contribution in [2.24, 2.45) is 5.92 Å². The third kappa shape index (κ3) is 4.20. The molecule has 2 aliphatic rings. The molecule has 2 N–H and O–H groups in total. The van der Waals surface area contributed by atoms with E-state index >= 15 is 0 Å². The van der Waals surface area contributed by atoms with E-state index in [1.807, 2.05) is 0 Å². The van der Waals surface area contributed by atoms with E-state index in [4.69, 9.17) is 0 Å². The predicted octanol–water partition coefficient (Wildman–Crippen LogP) is 0.893. The Morgan fingerprint density at radius 3 is 2.60 bits per heavy atom. The molecular formula is C15H27N3O2. The molecule has 0 aromatic rings. The van der Waals surface area contributed by atoms with Crippen molar-refractivity contribution in [3.8, 4) is 0 Å². The lowest BCUT2D eigenvalue weighted by molar-refractivity contribution is -0.135. The SMILES string of the molecule is CC(=O)NCC(=O)N1CCCCCC1C1CCNCC1. The second-order valence-corrected chi connectivity index (χ2v) is 6.00. The fourth-order valence-corrected chi connectivity index (χ4v) is 3.46. The normalized spacial score (nSPS) is 25.1. The Morgan fingerprint density at radius 1 is 1.15 bits per heavy atom. The van der Waals surface area contributed by atoms with Gasteiger partial charge in [0, 0.05) is 19.5 Å². The fourth-order valence-electron chi connectivity index (χ4n) is 3.46. The summed E-state index contributed by atoms with van der Waals surface area (Å²) in [5.41, 5.74) is 0. The lowest BCUT2D eigenvalue weighted by Crippen LogP contribution is -2.49. The molecule has 0 aromatic carbocycles. The lowest BCUT2D eigenvalue weighted by atomic mass is 9.87. The highest BCUT2D eigenvalue weighted by atomic mass is 16.2. The van der Waals surface area contributed by atoms with E-state index in [0.717, 1.165) is 45.3 Å². The van der Waals surface area contributed by atoms with Crippen LogP contribution in [0.5, 0.6) is 0 Å². The number of rotatable bonds is 3. The van der Waals surface area contributed by atoms with Crippen LogP contribution < -0.4 is 10.6 Å². The van der Waals surface area contributed by atoms with Gasteiger partial charge >= 0.3 is 0 Å². The Morgan fingerprint density at radius 2 is 1.90 bits per heavy atom. The van der Waals surface area contributed by atoms with Crippen LogP contribution in [-0.2, 0) is 9.59 Å². The predicted molar refractivity (Wildman–Crippen MR) is 78.2 cm³/mol. The molecule has 2 aliphatic heterocycles. The Kier molecular flexibility index (Phi) is 5.83. The molecule has 0 radical (unpaired) electrons. The molecule has 0 saturated carbocycles. The van der Waals surface area contributed by atoms with Crippen LogP contribution in [-0.4, -0.2) is 48.9 Å². The van der Waals surface area contributed by atoms with Gasteiger partial charge in [-0.2, -0.15) is 0 Å². The molecule has 0 bridgehead atoms. The maximum atomic E-state index is 12.4. The van der Waals surface area contributed by atoms with Crippen LogP contribution in [0, 0.1) is 5.92 Å². The van der Waals surface area contributed by atoms with Crippen molar-refractivity contribution >= 4 is 11.8 Å². The Hall–Kier alpha value is -1.10. The average Bonchev–Trinajstić information content (AvgIpc) is 2.71. The molecule has 0 aromatic heterocycles. The van der Waals surface area contributed by atoms with E-state index in [1.54, 1.807) is 0 Å². The highest BCUT2D eigenvalue weighted by Gasteiger charge is 2.32. The maximum Gasteiger partial charge on any atom is 0.242 e. The van der Waals surface area contributed by atoms with Crippen LogP contribution in [0.25, 0.3) is 0 Å². The number of amides is 2. The topological polar surface area (TPSA) is 61.4 Å². The monoisotopic (exact) mass is 281 g/mol. The van der Waals surface area contributed by atoms with Crippen LogP contribution in [0.2, 0.25) is 0 Å². The van der Waals surface area contributed by atoms with E-state index in [9.17, 15) is 9.59 Å². The molecule has 0 spiro atoms. The zero-order valence-corrected chi connectivity index (χ0v) is 12.5. The van der Waals surface area contributed by atoms with Gasteiger partial charge in [0.1, 0.15) is 0 Å². The van der Waals surface area contributed by atoms with Crippen molar-refractivity contribution < 1.29 is 9.59 Å². The molecule has 1 atom stereocenters. The minimum Gasteiger partial charge on any atom is -0.347 e. The van der Waals surface area contributed by atoms with Crippen LogP contribution in [0.4, 0.5) is 0 Å². The van der Waals surface area contributed by atoms with Gasteiger partial charge < -0.3 is 15.5 Å². The number of carbonyl (C=O) groups is 2. The second-order valence-electron chi connectivity index (χ2n) is 6.00. The quantitative estimate of drug-likeness (QED) is 0.808. The van der Waals surface area contributed by atoms with Crippen LogP contribution in [0.15, 0.2) is 0 Å². The average molecular weight is 281 g/mol. The van der Waals surface area contributed by atoms with E-state index in [2.05, 4.69) is 15.5 Å². The van der Waals surface area contributed by atoms with E-state index in [-0.39, 0.29) is 18.4 Å². The minimum absolute atomic E-state index is 0.0885. The number of nitrogens with zero attached hydrogens (tertiary/aromatic N) is 1. The van der Waals surface area contributed by atoms with E-state index < -0.39 is 0 Å². The zero-order chi connectivity index (χ0) is 14.4. The van der Waals surface area contributed by atoms with Crippen LogP contribution in [0.3, 0.4) is 0 Å². The number of carbonyl (C=O) groups excluding carboxylic acids is 2. The summed E-state index contributed by atoms with van der Waals surface area (Å²) >= 11 is 0. The zero-order valence-electron chi connectivity index (χ0n) is 12.5. The molecule has 2 heterocycles. The molecule has 2 fully saturated rings. The number of likely N-dealkylation sites (tertiary alicyclic amines) is 1. The molecule has 0 aliphatic carbocycles. The number of hydrogen-bond acceptors (Lipinski definition) is 3. The highest BCUT2D eigenvalue weighted by Crippen LogP contribution is 2.28. The first-order valence-corrected chi connectivity index (χ1v) is 7.93. The molecule has 2 rings (SSSR count). The summed E-state index contributed by atoms with van der Waals surface area (Å²) in [6, 6.07) is 0.376. The molecule has 20 heavy (non-hydrogen) atoms. The van der Waals surface area contributed by atoms with Gasteiger partial charge in [-0.1, -0.05) is 12.8 Å². The van der Waals surface area contributed by atoms with Crippen molar-refractivity contribution in [3.63, 3.8) is 0 Å². The first-order valence-electron chi connectivity index (χ1n) is 7.93. The van der Waals surface area contributed by atoms with Crippen molar-refractivity contribution in [3.05, 3.63) is 0 Å². The molecule has 5 nitrogen and oxygen atoms in total. The van der Waals surface area contributed by atoms with Crippen molar-refractivity contribution in [2.75, 3.05) is 26.2 Å². The standard InChI is InChI=1S/C15H27N3O2/c1-12(19)17-11-15(20)18-10-4-2-3-5-14(18)13-6-8-16-9-7-13/h13-14,16H,2-11H2,1H3,(H,17,19). The smallest absolute Gasteiger partial charge is 0.242 e. The molecule has 2 amide bonds. The number of piperidine rings is 1. The molecule has 2 saturated heterocycles. The largest absolute Gasteiger partial charge is 0.347 e. The van der Waals surface area contributed by atoms with Crippen molar-refractivity contribution in [2.45, 2.75) is 51.5 Å². The summed E-state index contributed by atoms with van der Waals surface area (Å²) < 4.78 is 0. The third-order valence-corrected chi connectivity index (χ3v) is 4.54. The molecular weight excluding hydrogens is 254 g/mol. The van der Waals surface area contributed by atoms with Gasteiger partial charge in [0.25, 0.3) is 0 Å². The molecule has 114 valence electrons. The van der Waals surface area contributed by atoms with E-state index in [1.165, 1.54) is 19.8 Å². The van der Waals surface area contributed by atoms with Gasteiger partial charge in [-0.3, -0.25) is 9.59 Å². The first kappa shape index (κ1) is 15.3. The number of hydrogen-bond donors (Lipinski definition) is 2. The van der Waals surface area contributed by atoms with Crippen molar-refractivity contribution in [1.82, 2.24) is 15.5 Å². The molecule has 1 unspecified atom stereocenters. The van der Waals surface area contributed by atoms with Gasteiger partial charge in [0.15, 0.2) is 0 Å². The number of nitrogens with one attached hydrogen (secondary N) is 2. The lowest BCUT2D eigenvalue weighted by Gasteiger charge is -2.38. The minimum atomic E-state index is -0.133. The summed E-state index contributed by atoms with van der Waals surface area (Å²) in [6.07, 6.45) is 6.97. The maximum absolute atomic E-state index is 12.4. The van der Waals surface area contributed by atoms with E-state index in [0.29, 0.717) is 12.0 Å². The summed E-state index contributed by atoms with van der Waals surface area (Å²) in [7, 11) is 0. The Labute approximate surface area is 121 Å². The summed E-state index contributed by atoms with van der Waals surface area (Å²) in [4.78, 5) is 25.5. The van der Waals surface area contributed by atoms with Gasteiger partial charge in [0.05, 0.1) is 6.54 Å². The van der Waals surface area contributed by atoms with Crippen LogP contribution in [0.1, 0.15) is 45.4 Å². The van der Waals surface area contributed by atoms with Gasteiger partial charge in [-0.05, 0) is 44.7 Å². The fraction of sp³-hybridized carbons (Fsp3) is 0.867. The Balaban J connectivity index is 1.99. The summed E-state index contributed by atoms with van der Waals surface area (Å²) in [5.74, 6) is 0.577. The summed E-state index contributed by atoms with van der Waals surface area (Å²) in [5, 5.41) is 6.04. The third-order valence-electron chi connectivity index (χ3n) is 4.54. The van der Waals surface area contributed by atoms with Gasteiger partial charge in [-0.25, -0.2) is 0 Å². The van der Waals surface area contributed by atoms with Gasteiger partial charge in [-0.15, -0.1) is 0 Å². The van der Waals surface area contributed by atoms with Gasteiger partial charge in [0.2, 0.25) is 11.8 Å². The Bertz CT molecular complexity index is 340. The highest BCUT2D eigenvalue weighted by molar-refractivity contribution is 5.83.